The summed E-state index contributed by atoms with van der Waals surface area (Å²) in [6, 6.07) is 21.1. The summed E-state index contributed by atoms with van der Waals surface area (Å²) in [5.41, 5.74) is 0.706. The summed E-state index contributed by atoms with van der Waals surface area (Å²) < 4.78 is 12.2. The molecule has 0 saturated carbocycles. The predicted octanol–water partition coefficient (Wildman–Crippen LogP) is 3.62. The molecule has 0 fully saturated rings. The van der Waals surface area contributed by atoms with Gasteiger partial charge in [-0.2, -0.15) is 0 Å². The number of aromatic nitrogens is 3. The van der Waals surface area contributed by atoms with Gasteiger partial charge in [0.05, 0.1) is 12.0 Å². The zero-order valence-corrected chi connectivity index (χ0v) is 16.8. The minimum atomic E-state index is -0.383. The SMILES string of the molecule is CCOc1ccc(Oc2ccc(NC(=O)Cn3nnc4ccccc4c3=O)cc2)cc1. The van der Waals surface area contributed by atoms with Crippen LogP contribution in [0.2, 0.25) is 0 Å². The third-order valence-corrected chi connectivity index (χ3v) is 4.43. The molecule has 0 unspecified atom stereocenters. The van der Waals surface area contributed by atoms with Crippen molar-refractivity contribution in [2.24, 2.45) is 0 Å². The highest BCUT2D eigenvalue weighted by molar-refractivity contribution is 5.90. The molecule has 156 valence electrons. The van der Waals surface area contributed by atoms with E-state index in [1.807, 2.05) is 31.2 Å². The van der Waals surface area contributed by atoms with Crippen molar-refractivity contribution in [1.29, 1.82) is 0 Å². The first kappa shape index (κ1) is 20.1. The first-order valence-electron chi connectivity index (χ1n) is 9.75. The number of rotatable bonds is 7. The topological polar surface area (TPSA) is 95.3 Å². The lowest BCUT2D eigenvalue weighted by atomic mass is 10.2. The molecule has 1 N–H and O–H groups in total. The Morgan fingerprint density at radius 2 is 1.58 bits per heavy atom. The van der Waals surface area contributed by atoms with Gasteiger partial charge in [-0.25, -0.2) is 4.68 Å². The van der Waals surface area contributed by atoms with Crippen LogP contribution in [0.15, 0.2) is 77.6 Å². The van der Waals surface area contributed by atoms with Crippen LogP contribution in [0.3, 0.4) is 0 Å². The number of benzene rings is 3. The minimum absolute atomic E-state index is 0.235. The minimum Gasteiger partial charge on any atom is -0.494 e. The molecule has 0 atom stereocenters. The van der Waals surface area contributed by atoms with E-state index in [0.717, 1.165) is 10.4 Å². The lowest BCUT2D eigenvalue weighted by molar-refractivity contribution is -0.117. The largest absolute Gasteiger partial charge is 0.494 e. The van der Waals surface area contributed by atoms with Crippen LogP contribution in [0.4, 0.5) is 5.69 Å². The van der Waals surface area contributed by atoms with E-state index in [2.05, 4.69) is 15.6 Å². The van der Waals surface area contributed by atoms with Gasteiger partial charge in [0.15, 0.2) is 0 Å². The molecule has 3 aromatic carbocycles. The Hall–Kier alpha value is -4.20. The van der Waals surface area contributed by atoms with E-state index < -0.39 is 0 Å². The Bertz CT molecular complexity index is 1250. The van der Waals surface area contributed by atoms with Crippen LogP contribution in [0, 0.1) is 0 Å². The molecule has 1 heterocycles. The molecule has 1 aromatic heterocycles. The lowest BCUT2D eigenvalue weighted by Crippen LogP contribution is -2.30. The van der Waals surface area contributed by atoms with Gasteiger partial charge in [0.2, 0.25) is 5.91 Å². The molecule has 0 bridgehead atoms. The third-order valence-electron chi connectivity index (χ3n) is 4.43. The van der Waals surface area contributed by atoms with Crippen LogP contribution < -0.4 is 20.3 Å². The van der Waals surface area contributed by atoms with Crippen LogP contribution in [-0.2, 0) is 11.3 Å². The fourth-order valence-electron chi connectivity index (χ4n) is 2.98. The number of ether oxygens (including phenoxy) is 2. The summed E-state index contributed by atoms with van der Waals surface area (Å²) in [6.07, 6.45) is 0. The summed E-state index contributed by atoms with van der Waals surface area (Å²) in [5.74, 6) is 1.70. The zero-order chi connectivity index (χ0) is 21.6. The van der Waals surface area contributed by atoms with Crippen molar-refractivity contribution >= 4 is 22.5 Å². The summed E-state index contributed by atoms with van der Waals surface area (Å²) in [4.78, 5) is 24.8. The number of hydrogen-bond acceptors (Lipinski definition) is 6. The van der Waals surface area contributed by atoms with Crippen LogP contribution in [0.25, 0.3) is 10.9 Å². The average molecular weight is 416 g/mol. The van der Waals surface area contributed by atoms with E-state index in [-0.39, 0.29) is 18.0 Å². The van der Waals surface area contributed by atoms with Gasteiger partial charge < -0.3 is 14.8 Å². The van der Waals surface area contributed by atoms with Crippen molar-refractivity contribution < 1.29 is 14.3 Å². The molecule has 4 rings (SSSR count). The summed E-state index contributed by atoms with van der Waals surface area (Å²) in [5, 5.41) is 11.0. The van der Waals surface area contributed by atoms with Gasteiger partial charge in [0, 0.05) is 5.69 Å². The molecule has 0 saturated heterocycles. The van der Waals surface area contributed by atoms with E-state index in [0.29, 0.717) is 34.7 Å². The maximum absolute atomic E-state index is 12.4. The van der Waals surface area contributed by atoms with Crippen LogP contribution in [0.1, 0.15) is 6.92 Å². The van der Waals surface area contributed by atoms with Gasteiger partial charge in [0.25, 0.3) is 5.56 Å². The Morgan fingerprint density at radius 1 is 0.935 bits per heavy atom. The fourth-order valence-corrected chi connectivity index (χ4v) is 2.98. The van der Waals surface area contributed by atoms with Crippen molar-refractivity contribution in [3.05, 3.63) is 83.2 Å². The lowest BCUT2D eigenvalue weighted by Gasteiger charge is -2.09. The molecule has 0 aliphatic carbocycles. The van der Waals surface area contributed by atoms with E-state index in [9.17, 15) is 9.59 Å². The Morgan fingerprint density at radius 3 is 2.29 bits per heavy atom. The Kier molecular flexibility index (Phi) is 5.89. The highest BCUT2D eigenvalue weighted by Gasteiger charge is 2.10. The van der Waals surface area contributed by atoms with Crippen molar-refractivity contribution in [1.82, 2.24) is 15.0 Å². The summed E-state index contributed by atoms with van der Waals surface area (Å²) in [7, 11) is 0. The molecule has 1 amide bonds. The number of anilines is 1. The maximum atomic E-state index is 12.4. The quantitative estimate of drug-likeness (QED) is 0.494. The predicted molar refractivity (Wildman–Crippen MR) is 117 cm³/mol. The number of amides is 1. The number of nitrogens with zero attached hydrogens (tertiary/aromatic N) is 3. The van der Waals surface area contributed by atoms with Gasteiger partial charge >= 0.3 is 0 Å². The normalized spacial score (nSPS) is 10.6. The van der Waals surface area contributed by atoms with Crippen molar-refractivity contribution in [2.45, 2.75) is 13.5 Å². The average Bonchev–Trinajstić information content (AvgIpc) is 2.79. The second-order valence-corrected chi connectivity index (χ2v) is 6.65. The summed E-state index contributed by atoms with van der Waals surface area (Å²) in [6.45, 7) is 2.30. The first-order chi connectivity index (χ1) is 15.1. The maximum Gasteiger partial charge on any atom is 0.278 e. The smallest absolute Gasteiger partial charge is 0.278 e. The first-order valence-corrected chi connectivity index (χ1v) is 9.75. The molecule has 8 heteroatoms. The second-order valence-electron chi connectivity index (χ2n) is 6.65. The number of carbonyl (C=O) groups is 1. The standard InChI is InChI=1S/C23H20N4O4/c1-2-30-17-11-13-19(14-12-17)31-18-9-7-16(8-10-18)24-22(28)15-27-23(29)20-5-3-4-6-21(20)25-26-27/h3-14H,2,15H2,1H3,(H,24,28). The van der Waals surface area contributed by atoms with Gasteiger partial charge in [-0.15, -0.1) is 5.10 Å². The number of carbonyl (C=O) groups excluding carboxylic acids is 1. The van der Waals surface area contributed by atoms with E-state index in [4.69, 9.17) is 9.47 Å². The van der Waals surface area contributed by atoms with E-state index in [1.165, 1.54) is 0 Å². The molecule has 0 radical (unpaired) electrons. The highest BCUT2D eigenvalue weighted by atomic mass is 16.5. The van der Waals surface area contributed by atoms with Gasteiger partial charge in [0.1, 0.15) is 29.3 Å². The summed E-state index contributed by atoms with van der Waals surface area (Å²) >= 11 is 0. The van der Waals surface area contributed by atoms with Gasteiger partial charge in [-0.3, -0.25) is 9.59 Å². The Balaban J connectivity index is 1.38. The zero-order valence-electron chi connectivity index (χ0n) is 16.8. The molecule has 31 heavy (non-hydrogen) atoms. The number of fused-ring (bicyclic) bond motifs is 1. The van der Waals surface area contributed by atoms with Crippen LogP contribution in [-0.4, -0.2) is 27.5 Å². The van der Waals surface area contributed by atoms with E-state index >= 15 is 0 Å². The van der Waals surface area contributed by atoms with Crippen LogP contribution in [0.5, 0.6) is 17.2 Å². The highest BCUT2D eigenvalue weighted by Crippen LogP contribution is 2.25. The van der Waals surface area contributed by atoms with Gasteiger partial charge in [-0.1, -0.05) is 17.3 Å². The fraction of sp³-hybridized carbons (Fsp3) is 0.130. The molecule has 8 nitrogen and oxygen atoms in total. The molecule has 4 aromatic rings. The van der Waals surface area contributed by atoms with Gasteiger partial charge in [-0.05, 0) is 67.6 Å². The molecular formula is C23H20N4O4. The molecule has 0 aliphatic heterocycles. The number of nitrogens with one attached hydrogen (secondary N) is 1. The number of hydrogen-bond donors (Lipinski definition) is 1. The second kappa shape index (κ2) is 9.08. The molecule has 0 aliphatic rings. The van der Waals surface area contributed by atoms with Crippen LogP contribution >= 0.6 is 0 Å². The Labute approximate surface area is 178 Å². The monoisotopic (exact) mass is 416 g/mol. The van der Waals surface area contributed by atoms with Crippen molar-refractivity contribution in [3.8, 4) is 17.2 Å². The van der Waals surface area contributed by atoms with Crippen molar-refractivity contribution in [3.63, 3.8) is 0 Å². The van der Waals surface area contributed by atoms with Crippen molar-refractivity contribution in [2.75, 3.05) is 11.9 Å². The molecular weight excluding hydrogens is 396 g/mol. The molecule has 0 spiro atoms. The third kappa shape index (κ3) is 4.87. The van der Waals surface area contributed by atoms with E-state index in [1.54, 1.807) is 48.5 Å².